The van der Waals surface area contributed by atoms with E-state index in [1.54, 1.807) is 31.3 Å². The van der Waals surface area contributed by atoms with Crippen LogP contribution in [0.5, 0.6) is 0 Å². The number of hydrogen-bond acceptors (Lipinski definition) is 7. The summed E-state index contributed by atoms with van der Waals surface area (Å²) in [7, 11) is -1.78. The molecular weight excluding hydrogens is 560 g/mol. The van der Waals surface area contributed by atoms with Crippen LogP contribution >= 0.6 is 11.6 Å². The number of alkyl carbamates (subject to hydrolysis) is 1. The number of nitrogens with one attached hydrogen (secondary N) is 3. The lowest BCUT2D eigenvalue weighted by atomic mass is 9.84. The highest BCUT2D eigenvalue weighted by Gasteiger charge is 2.28. The summed E-state index contributed by atoms with van der Waals surface area (Å²) in [6.45, 7) is 1.44. The molecule has 0 bridgehead atoms. The van der Waals surface area contributed by atoms with Gasteiger partial charge in [0.15, 0.2) is 0 Å². The van der Waals surface area contributed by atoms with Gasteiger partial charge < -0.3 is 25.4 Å². The summed E-state index contributed by atoms with van der Waals surface area (Å²) in [5.41, 5.74) is 0.716. The monoisotopic (exact) mass is 602 g/mol. The van der Waals surface area contributed by atoms with E-state index in [2.05, 4.69) is 15.4 Å². The molecule has 1 aromatic rings. The first-order valence-corrected chi connectivity index (χ1v) is 15.9. The number of ether oxygens (including phenoxy) is 1. The molecule has 13 heteroatoms. The number of likely N-dealkylation sites (N-methyl/N-ethyl adjacent to an activating group) is 1. The first-order chi connectivity index (χ1) is 19.0. The van der Waals surface area contributed by atoms with E-state index < -0.39 is 34.1 Å². The zero-order valence-corrected chi connectivity index (χ0v) is 24.9. The predicted molar refractivity (Wildman–Crippen MR) is 153 cm³/mol. The molecule has 226 valence electrons. The highest BCUT2D eigenvalue weighted by atomic mass is 35.5. The van der Waals surface area contributed by atoms with Gasteiger partial charge in [0.25, 0.3) is 0 Å². The molecule has 2 rings (SSSR count). The molecular formula is C27H43ClN4O7S. The molecule has 0 radical (unpaired) electrons. The van der Waals surface area contributed by atoms with Gasteiger partial charge in [0.1, 0.15) is 12.6 Å². The average Bonchev–Trinajstić information content (AvgIpc) is 2.94. The van der Waals surface area contributed by atoms with Crippen LogP contribution in [0.25, 0.3) is 0 Å². The highest BCUT2D eigenvalue weighted by Crippen LogP contribution is 2.27. The SMILES string of the molecule is CCS(=O)(=O)NCCN(C)C(=O)CC[C@@H](CO)NC(=O)[C@H](CC1CCCCC1)NC(=O)OCc1cccc(Cl)c1. The third-order valence-electron chi connectivity index (χ3n) is 7.01. The van der Waals surface area contributed by atoms with Crippen molar-refractivity contribution >= 4 is 39.5 Å². The van der Waals surface area contributed by atoms with Crippen LogP contribution in [0.15, 0.2) is 24.3 Å². The van der Waals surface area contributed by atoms with Gasteiger partial charge in [0, 0.05) is 31.6 Å². The minimum atomic E-state index is -3.34. The van der Waals surface area contributed by atoms with Gasteiger partial charge in [0.05, 0.1) is 18.4 Å². The first-order valence-electron chi connectivity index (χ1n) is 13.8. The molecule has 0 aromatic heterocycles. The van der Waals surface area contributed by atoms with Crippen LogP contribution in [0.2, 0.25) is 5.02 Å². The lowest BCUT2D eigenvalue weighted by Crippen LogP contribution is -2.51. The molecule has 1 aromatic carbocycles. The fourth-order valence-electron chi connectivity index (χ4n) is 4.54. The Morgan fingerprint density at radius 2 is 1.90 bits per heavy atom. The Morgan fingerprint density at radius 3 is 2.55 bits per heavy atom. The van der Waals surface area contributed by atoms with Crippen molar-refractivity contribution in [3.63, 3.8) is 0 Å². The van der Waals surface area contributed by atoms with Crippen molar-refractivity contribution in [1.82, 2.24) is 20.3 Å². The number of hydrogen-bond donors (Lipinski definition) is 4. The smallest absolute Gasteiger partial charge is 0.408 e. The molecule has 3 amide bonds. The van der Waals surface area contributed by atoms with E-state index in [9.17, 15) is 27.9 Å². The molecule has 1 fully saturated rings. The summed E-state index contributed by atoms with van der Waals surface area (Å²) in [5, 5.41) is 15.8. The van der Waals surface area contributed by atoms with Crippen LogP contribution in [0.4, 0.5) is 4.79 Å². The summed E-state index contributed by atoms with van der Waals surface area (Å²) in [6.07, 6.45) is 5.20. The van der Waals surface area contributed by atoms with Crippen LogP contribution in [-0.4, -0.2) is 80.9 Å². The predicted octanol–water partition coefficient (Wildman–Crippen LogP) is 2.56. The van der Waals surface area contributed by atoms with Crippen molar-refractivity contribution in [2.45, 2.75) is 77.0 Å². The Morgan fingerprint density at radius 1 is 1.18 bits per heavy atom. The molecule has 1 saturated carbocycles. The summed E-state index contributed by atoms with van der Waals surface area (Å²) in [6, 6.07) is 5.39. The maximum Gasteiger partial charge on any atom is 0.408 e. The quantitative estimate of drug-likeness (QED) is 0.227. The second kappa shape index (κ2) is 17.4. The van der Waals surface area contributed by atoms with E-state index in [4.69, 9.17) is 16.3 Å². The number of carbonyl (C=O) groups is 3. The molecule has 0 spiro atoms. The number of aliphatic hydroxyl groups is 1. The Labute approximate surface area is 242 Å². The molecule has 1 aliphatic carbocycles. The zero-order valence-electron chi connectivity index (χ0n) is 23.4. The maximum atomic E-state index is 13.2. The number of carbonyl (C=O) groups excluding carboxylic acids is 3. The van der Waals surface area contributed by atoms with Crippen molar-refractivity contribution in [2.24, 2.45) is 5.92 Å². The normalized spacial score (nSPS) is 15.6. The molecule has 1 aliphatic rings. The average molecular weight is 603 g/mol. The largest absolute Gasteiger partial charge is 0.445 e. The number of sulfonamides is 1. The van der Waals surface area contributed by atoms with Gasteiger partial charge in [-0.05, 0) is 43.4 Å². The molecule has 0 heterocycles. The fraction of sp³-hybridized carbons (Fsp3) is 0.667. The van der Waals surface area contributed by atoms with E-state index >= 15 is 0 Å². The second-order valence-electron chi connectivity index (χ2n) is 10.2. The topological polar surface area (TPSA) is 154 Å². The molecule has 0 unspecified atom stereocenters. The van der Waals surface area contributed by atoms with E-state index in [1.165, 1.54) is 11.8 Å². The van der Waals surface area contributed by atoms with Gasteiger partial charge in [-0.1, -0.05) is 55.8 Å². The van der Waals surface area contributed by atoms with Crippen LogP contribution < -0.4 is 15.4 Å². The van der Waals surface area contributed by atoms with Gasteiger partial charge >= 0.3 is 6.09 Å². The Kier molecular flexibility index (Phi) is 14.7. The lowest BCUT2D eigenvalue weighted by Gasteiger charge is -2.28. The summed E-state index contributed by atoms with van der Waals surface area (Å²) < 4.78 is 30.8. The second-order valence-corrected chi connectivity index (χ2v) is 12.7. The third kappa shape index (κ3) is 12.8. The lowest BCUT2D eigenvalue weighted by molar-refractivity contribution is -0.130. The van der Waals surface area contributed by atoms with Crippen LogP contribution in [0, 0.1) is 5.92 Å². The number of rotatable bonds is 16. The highest BCUT2D eigenvalue weighted by molar-refractivity contribution is 7.89. The van der Waals surface area contributed by atoms with Crippen LogP contribution in [0.3, 0.4) is 0 Å². The Balaban J connectivity index is 1.90. The minimum Gasteiger partial charge on any atom is -0.445 e. The fourth-order valence-corrected chi connectivity index (χ4v) is 5.36. The standard InChI is InChI=1S/C27H43ClN4O7S/c1-3-40(37,38)29-14-15-32(2)25(34)13-12-23(18-33)30-26(35)24(17-20-8-5-4-6-9-20)31-27(36)39-19-21-10-7-11-22(28)16-21/h7,10-11,16,20,23-24,29,33H,3-6,8-9,12-15,17-19H2,1-2H3,(H,30,35)(H,31,36)/t23-,24-/m0/s1. The van der Waals surface area contributed by atoms with Crippen LogP contribution in [0.1, 0.15) is 63.9 Å². The molecule has 0 aliphatic heterocycles. The molecule has 40 heavy (non-hydrogen) atoms. The maximum absolute atomic E-state index is 13.2. The Hall–Kier alpha value is -2.41. The summed E-state index contributed by atoms with van der Waals surface area (Å²) in [5.74, 6) is -0.451. The van der Waals surface area contributed by atoms with Crippen LogP contribution in [-0.2, 0) is 31.0 Å². The molecule has 4 N–H and O–H groups in total. The van der Waals surface area contributed by atoms with Gasteiger partial charge in [-0.25, -0.2) is 17.9 Å². The number of halogens is 1. The molecule has 0 saturated heterocycles. The number of amides is 3. The zero-order chi connectivity index (χ0) is 29.5. The molecule has 2 atom stereocenters. The Bertz CT molecular complexity index is 1070. The van der Waals surface area contributed by atoms with Crippen molar-refractivity contribution in [1.29, 1.82) is 0 Å². The minimum absolute atomic E-state index is 0.00104. The van der Waals surface area contributed by atoms with Gasteiger partial charge in [0.2, 0.25) is 21.8 Å². The van der Waals surface area contributed by atoms with E-state index in [0.29, 0.717) is 17.0 Å². The van der Waals surface area contributed by atoms with Crippen molar-refractivity contribution in [3.05, 3.63) is 34.9 Å². The van der Waals surface area contributed by atoms with Gasteiger partial charge in [-0.15, -0.1) is 0 Å². The number of aliphatic hydroxyl groups excluding tert-OH is 1. The van der Waals surface area contributed by atoms with Gasteiger partial charge in [-0.3, -0.25) is 9.59 Å². The van der Waals surface area contributed by atoms with E-state index in [0.717, 1.165) is 32.1 Å². The van der Waals surface area contributed by atoms with Crippen molar-refractivity contribution < 1.29 is 32.6 Å². The third-order valence-corrected chi connectivity index (χ3v) is 8.65. The summed E-state index contributed by atoms with van der Waals surface area (Å²) in [4.78, 5) is 39.7. The summed E-state index contributed by atoms with van der Waals surface area (Å²) >= 11 is 5.99. The van der Waals surface area contributed by atoms with E-state index in [1.807, 2.05) is 0 Å². The van der Waals surface area contributed by atoms with Crippen molar-refractivity contribution in [2.75, 3.05) is 32.5 Å². The number of benzene rings is 1. The first kappa shape index (κ1) is 33.8. The molecule has 11 nitrogen and oxygen atoms in total. The number of nitrogens with zero attached hydrogens (tertiary/aromatic N) is 1. The van der Waals surface area contributed by atoms with Gasteiger partial charge in [-0.2, -0.15) is 0 Å². The van der Waals surface area contributed by atoms with E-state index in [-0.39, 0.29) is 56.7 Å². The van der Waals surface area contributed by atoms with Crippen molar-refractivity contribution in [3.8, 4) is 0 Å².